The number of carbonyl (C=O) groups is 3. The summed E-state index contributed by atoms with van der Waals surface area (Å²) in [6.45, 7) is 6.82. The summed E-state index contributed by atoms with van der Waals surface area (Å²) in [4.78, 5) is 42.2. The van der Waals surface area contributed by atoms with Gasteiger partial charge in [-0.3, -0.25) is 14.5 Å². The van der Waals surface area contributed by atoms with Crippen molar-refractivity contribution in [2.75, 3.05) is 19.6 Å². The van der Waals surface area contributed by atoms with Crippen molar-refractivity contribution >= 4 is 17.8 Å². The highest BCUT2D eigenvalue weighted by Gasteiger charge is 2.45. The van der Waals surface area contributed by atoms with E-state index in [0.29, 0.717) is 19.5 Å². The second kappa shape index (κ2) is 6.86. The highest BCUT2D eigenvalue weighted by molar-refractivity contribution is 6.02. The first kappa shape index (κ1) is 17.5. The van der Waals surface area contributed by atoms with Crippen LogP contribution in [0.25, 0.3) is 0 Å². The summed E-state index contributed by atoms with van der Waals surface area (Å²) in [6, 6.07) is 9.10. The Hall–Kier alpha value is -2.37. The molecule has 2 unspecified atom stereocenters. The standard InChI is InChI=1S/C19H25N3O3/c1-13(2)18(24)20-10-9-16(11-20)22-17(23)12-21(19(22)25)14(3)15-7-5-4-6-8-15/h4-8,13-14,16H,9-12H2,1-3H3. The fourth-order valence-corrected chi connectivity index (χ4v) is 3.63. The Balaban J connectivity index is 1.71. The average Bonchev–Trinajstić information content (AvgIpc) is 3.18. The van der Waals surface area contributed by atoms with E-state index in [1.165, 1.54) is 4.90 Å². The summed E-state index contributed by atoms with van der Waals surface area (Å²) >= 11 is 0. The summed E-state index contributed by atoms with van der Waals surface area (Å²) in [7, 11) is 0. The van der Waals surface area contributed by atoms with E-state index in [9.17, 15) is 14.4 Å². The lowest BCUT2D eigenvalue weighted by Crippen LogP contribution is -2.44. The normalized spacial score (nSPS) is 22.2. The molecule has 0 aromatic heterocycles. The van der Waals surface area contributed by atoms with Crippen LogP contribution >= 0.6 is 0 Å². The maximum Gasteiger partial charge on any atom is 0.328 e. The van der Waals surface area contributed by atoms with Crippen LogP contribution in [0, 0.1) is 5.92 Å². The third-order valence-electron chi connectivity index (χ3n) is 5.11. The molecule has 4 amide bonds. The van der Waals surface area contributed by atoms with Gasteiger partial charge in [0.25, 0.3) is 5.91 Å². The first-order chi connectivity index (χ1) is 11.9. The second-order valence-electron chi connectivity index (χ2n) is 7.14. The molecule has 2 heterocycles. The van der Waals surface area contributed by atoms with Crippen molar-refractivity contribution in [3.63, 3.8) is 0 Å². The Kier molecular flexibility index (Phi) is 4.79. The van der Waals surface area contributed by atoms with Gasteiger partial charge in [0.05, 0.1) is 12.1 Å². The quantitative estimate of drug-likeness (QED) is 0.788. The molecule has 2 saturated heterocycles. The van der Waals surface area contributed by atoms with Crippen molar-refractivity contribution in [3.05, 3.63) is 35.9 Å². The lowest BCUT2D eigenvalue weighted by Gasteiger charge is -2.26. The molecule has 6 heteroatoms. The molecule has 2 aliphatic heterocycles. The molecule has 3 rings (SSSR count). The van der Waals surface area contributed by atoms with Crippen LogP contribution in [0.2, 0.25) is 0 Å². The van der Waals surface area contributed by atoms with Crippen molar-refractivity contribution in [3.8, 4) is 0 Å². The Morgan fingerprint density at radius 1 is 1.12 bits per heavy atom. The summed E-state index contributed by atoms with van der Waals surface area (Å²) in [5, 5.41) is 0. The molecule has 2 aliphatic rings. The molecule has 0 saturated carbocycles. The monoisotopic (exact) mass is 343 g/mol. The number of hydrogen-bond donors (Lipinski definition) is 0. The van der Waals surface area contributed by atoms with Crippen molar-refractivity contribution in [2.24, 2.45) is 5.92 Å². The van der Waals surface area contributed by atoms with Gasteiger partial charge in [-0.05, 0) is 18.9 Å². The lowest BCUT2D eigenvalue weighted by atomic mass is 10.1. The zero-order chi connectivity index (χ0) is 18.1. The summed E-state index contributed by atoms with van der Waals surface area (Å²) in [5.41, 5.74) is 1.01. The maximum atomic E-state index is 12.9. The number of rotatable bonds is 4. The Bertz CT molecular complexity index is 674. The van der Waals surface area contributed by atoms with Gasteiger partial charge in [-0.2, -0.15) is 0 Å². The highest BCUT2D eigenvalue weighted by Crippen LogP contribution is 2.28. The van der Waals surface area contributed by atoms with Crippen LogP contribution in [-0.2, 0) is 9.59 Å². The van der Waals surface area contributed by atoms with Gasteiger partial charge in [-0.15, -0.1) is 0 Å². The van der Waals surface area contributed by atoms with Crippen LogP contribution in [0.4, 0.5) is 4.79 Å². The van der Waals surface area contributed by atoms with Crippen LogP contribution in [0.1, 0.15) is 38.8 Å². The van der Waals surface area contributed by atoms with Gasteiger partial charge >= 0.3 is 6.03 Å². The molecule has 6 nitrogen and oxygen atoms in total. The average molecular weight is 343 g/mol. The van der Waals surface area contributed by atoms with Crippen LogP contribution in [0.5, 0.6) is 0 Å². The van der Waals surface area contributed by atoms with Gasteiger partial charge in [-0.25, -0.2) is 4.79 Å². The topological polar surface area (TPSA) is 60.9 Å². The molecule has 0 spiro atoms. The van der Waals surface area contributed by atoms with Gasteiger partial charge in [0.1, 0.15) is 6.54 Å². The van der Waals surface area contributed by atoms with Gasteiger partial charge in [-0.1, -0.05) is 44.2 Å². The number of urea groups is 1. The van der Waals surface area contributed by atoms with Crippen molar-refractivity contribution in [2.45, 2.75) is 39.3 Å². The van der Waals surface area contributed by atoms with E-state index >= 15 is 0 Å². The molecule has 0 N–H and O–H groups in total. The number of amides is 4. The summed E-state index contributed by atoms with van der Waals surface area (Å²) < 4.78 is 0. The molecule has 25 heavy (non-hydrogen) atoms. The molecule has 0 aliphatic carbocycles. The zero-order valence-corrected chi connectivity index (χ0v) is 15.0. The Labute approximate surface area is 148 Å². The molecular weight excluding hydrogens is 318 g/mol. The van der Waals surface area contributed by atoms with Crippen LogP contribution in [0.15, 0.2) is 30.3 Å². The molecule has 1 aromatic carbocycles. The van der Waals surface area contributed by atoms with Gasteiger partial charge < -0.3 is 9.80 Å². The molecular formula is C19H25N3O3. The minimum Gasteiger partial charge on any atom is -0.340 e. The summed E-state index contributed by atoms with van der Waals surface area (Å²) in [6.07, 6.45) is 0.656. The third kappa shape index (κ3) is 3.25. The number of benzene rings is 1. The molecule has 0 radical (unpaired) electrons. The van der Waals surface area contributed by atoms with Crippen molar-refractivity contribution in [1.29, 1.82) is 0 Å². The van der Waals surface area contributed by atoms with E-state index < -0.39 is 0 Å². The van der Waals surface area contributed by atoms with Crippen molar-refractivity contribution < 1.29 is 14.4 Å². The third-order valence-corrected chi connectivity index (χ3v) is 5.11. The predicted octanol–water partition coefficient (Wildman–Crippen LogP) is 2.27. The van der Waals surface area contributed by atoms with Crippen LogP contribution in [-0.4, -0.2) is 58.2 Å². The summed E-state index contributed by atoms with van der Waals surface area (Å²) in [5.74, 6) is -0.161. The SMILES string of the molecule is CC(C)C(=O)N1CCC(N2C(=O)CN(C(C)c3ccccc3)C2=O)C1. The molecule has 0 bridgehead atoms. The van der Waals surface area contributed by atoms with Gasteiger partial charge in [0.2, 0.25) is 5.91 Å². The number of carbonyl (C=O) groups excluding carboxylic acids is 3. The van der Waals surface area contributed by atoms with E-state index in [4.69, 9.17) is 0 Å². The van der Waals surface area contributed by atoms with Crippen molar-refractivity contribution in [1.82, 2.24) is 14.7 Å². The number of imide groups is 1. The number of nitrogens with zero attached hydrogens (tertiary/aromatic N) is 3. The van der Waals surface area contributed by atoms with E-state index in [-0.39, 0.29) is 42.4 Å². The fraction of sp³-hybridized carbons (Fsp3) is 0.526. The Morgan fingerprint density at radius 3 is 2.44 bits per heavy atom. The van der Waals surface area contributed by atoms with Gasteiger partial charge in [0.15, 0.2) is 0 Å². The van der Waals surface area contributed by atoms with E-state index in [2.05, 4.69) is 0 Å². The lowest BCUT2D eigenvalue weighted by molar-refractivity contribution is -0.134. The number of hydrogen-bond acceptors (Lipinski definition) is 3. The minimum atomic E-state index is -0.245. The molecule has 1 aromatic rings. The minimum absolute atomic E-state index is 0.0710. The second-order valence-corrected chi connectivity index (χ2v) is 7.14. The maximum absolute atomic E-state index is 12.9. The predicted molar refractivity (Wildman–Crippen MR) is 93.6 cm³/mol. The first-order valence-electron chi connectivity index (χ1n) is 8.86. The molecule has 134 valence electrons. The molecule has 2 fully saturated rings. The highest BCUT2D eigenvalue weighted by atomic mass is 16.2. The fourth-order valence-electron chi connectivity index (χ4n) is 3.63. The van der Waals surface area contributed by atoms with E-state index in [1.54, 1.807) is 9.80 Å². The first-order valence-corrected chi connectivity index (χ1v) is 8.86. The van der Waals surface area contributed by atoms with E-state index in [1.807, 2.05) is 51.1 Å². The number of likely N-dealkylation sites (tertiary alicyclic amines) is 1. The Morgan fingerprint density at radius 2 is 1.80 bits per heavy atom. The van der Waals surface area contributed by atoms with E-state index in [0.717, 1.165) is 5.56 Å². The van der Waals surface area contributed by atoms with Crippen LogP contribution < -0.4 is 0 Å². The smallest absolute Gasteiger partial charge is 0.328 e. The van der Waals surface area contributed by atoms with Crippen LogP contribution in [0.3, 0.4) is 0 Å². The van der Waals surface area contributed by atoms with Gasteiger partial charge in [0, 0.05) is 19.0 Å². The molecule has 2 atom stereocenters. The largest absolute Gasteiger partial charge is 0.340 e. The zero-order valence-electron chi connectivity index (χ0n) is 15.0.